The van der Waals surface area contributed by atoms with Crippen LogP contribution >= 0.6 is 0 Å². The lowest BCUT2D eigenvalue weighted by Crippen LogP contribution is -2.20. The molecule has 12 heavy (non-hydrogen) atoms. The van der Waals surface area contributed by atoms with E-state index in [2.05, 4.69) is 23.5 Å². The fourth-order valence-electron chi connectivity index (χ4n) is 1.36. The van der Waals surface area contributed by atoms with Gasteiger partial charge in [0.25, 0.3) is 0 Å². The molecule has 0 amide bonds. The molecule has 1 saturated carbocycles. The predicted octanol–water partition coefficient (Wildman–Crippen LogP) is 1.23. The Balaban J connectivity index is 1.97. The summed E-state index contributed by atoms with van der Waals surface area (Å²) >= 11 is 0. The summed E-state index contributed by atoms with van der Waals surface area (Å²) in [5.41, 5.74) is 1.28. The molecule has 0 spiro atoms. The first kappa shape index (κ1) is 7.80. The van der Waals surface area contributed by atoms with E-state index in [9.17, 15) is 0 Å². The lowest BCUT2D eigenvalue weighted by Gasteiger charge is -2.09. The lowest BCUT2D eigenvalue weighted by molar-refractivity contribution is 0.570. The molecule has 0 saturated heterocycles. The molecule has 66 valence electrons. The zero-order valence-electron chi connectivity index (χ0n) is 7.62. The molecule has 1 N–H and O–H groups in total. The maximum Gasteiger partial charge on any atom is 0.0537 e. The Morgan fingerprint density at radius 2 is 2.42 bits per heavy atom. The molecule has 0 aliphatic heterocycles. The third kappa shape index (κ3) is 1.67. The summed E-state index contributed by atoms with van der Waals surface area (Å²) in [6.45, 7) is 2.19. The molecule has 3 nitrogen and oxygen atoms in total. The summed E-state index contributed by atoms with van der Waals surface area (Å²) in [5.74, 6) is 0. The Kier molecular flexibility index (Phi) is 1.89. The molecule has 0 radical (unpaired) electrons. The van der Waals surface area contributed by atoms with Gasteiger partial charge in [-0.05, 0) is 19.8 Å². The number of hydrogen-bond acceptors (Lipinski definition) is 2. The highest BCUT2D eigenvalue weighted by Crippen LogP contribution is 2.23. The van der Waals surface area contributed by atoms with Crippen LogP contribution in [0.3, 0.4) is 0 Å². The molecule has 1 aromatic rings. The highest BCUT2D eigenvalue weighted by molar-refractivity contribution is 5.09. The van der Waals surface area contributed by atoms with E-state index < -0.39 is 0 Å². The average molecular weight is 165 g/mol. The molecule has 1 aromatic heterocycles. The first-order valence-corrected chi connectivity index (χ1v) is 4.50. The van der Waals surface area contributed by atoms with Gasteiger partial charge >= 0.3 is 0 Å². The molecule has 1 atom stereocenters. The second-order valence-electron chi connectivity index (χ2n) is 3.61. The van der Waals surface area contributed by atoms with Crippen molar-refractivity contribution in [2.75, 3.05) is 0 Å². The van der Waals surface area contributed by atoms with Crippen molar-refractivity contribution in [1.29, 1.82) is 0 Å². The Morgan fingerprint density at radius 1 is 1.67 bits per heavy atom. The van der Waals surface area contributed by atoms with E-state index in [1.54, 1.807) is 0 Å². The van der Waals surface area contributed by atoms with Crippen molar-refractivity contribution in [3.8, 4) is 0 Å². The topological polar surface area (TPSA) is 29.9 Å². The number of aromatic nitrogens is 2. The fraction of sp³-hybridized carbons (Fsp3) is 0.667. The van der Waals surface area contributed by atoms with Gasteiger partial charge in [0.15, 0.2) is 0 Å². The van der Waals surface area contributed by atoms with Gasteiger partial charge in [0, 0.05) is 30.9 Å². The quantitative estimate of drug-likeness (QED) is 0.730. The standard InChI is InChI=1S/C9H15N3/c1-7(11-9-3-4-9)8-5-10-12(2)6-8/h5-7,9,11H,3-4H2,1-2H3/t7-/m0/s1. The van der Waals surface area contributed by atoms with Crippen LogP contribution in [-0.4, -0.2) is 15.8 Å². The molecule has 1 heterocycles. The minimum Gasteiger partial charge on any atom is -0.307 e. The van der Waals surface area contributed by atoms with Crippen molar-refractivity contribution in [3.63, 3.8) is 0 Å². The predicted molar refractivity (Wildman–Crippen MR) is 47.8 cm³/mol. The van der Waals surface area contributed by atoms with E-state index in [1.165, 1.54) is 18.4 Å². The van der Waals surface area contributed by atoms with Gasteiger partial charge in [0.05, 0.1) is 6.20 Å². The fourth-order valence-corrected chi connectivity index (χ4v) is 1.36. The molecular weight excluding hydrogens is 150 g/mol. The van der Waals surface area contributed by atoms with Crippen molar-refractivity contribution >= 4 is 0 Å². The van der Waals surface area contributed by atoms with Crippen LogP contribution in [0.5, 0.6) is 0 Å². The van der Waals surface area contributed by atoms with Gasteiger partial charge < -0.3 is 5.32 Å². The summed E-state index contributed by atoms with van der Waals surface area (Å²) < 4.78 is 1.85. The lowest BCUT2D eigenvalue weighted by atomic mass is 10.2. The number of hydrogen-bond donors (Lipinski definition) is 1. The maximum atomic E-state index is 4.14. The molecule has 1 aliphatic carbocycles. The van der Waals surface area contributed by atoms with Crippen molar-refractivity contribution in [2.24, 2.45) is 7.05 Å². The number of nitrogens with one attached hydrogen (secondary N) is 1. The molecule has 2 rings (SSSR count). The van der Waals surface area contributed by atoms with Gasteiger partial charge in [-0.15, -0.1) is 0 Å². The van der Waals surface area contributed by atoms with E-state index >= 15 is 0 Å². The van der Waals surface area contributed by atoms with Crippen LogP contribution in [0, 0.1) is 0 Å². The Bertz CT molecular complexity index is 262. The monoisotopic (exact) mass is 165 g/mol. The highest BCUT2D eigenvalue weighted by atomic mass is 15.2. The van der Waals surface area contributed by atoms with E-state index in [0.29, 0.717) is 6.04 Å². The first-order valence-electron chi connectivity index (χ1n) is 4.50. The normalized spacial score (nSPS) is 19.5. The maximum absolute atomic E-state index is 4.14. The number of aryl methyl sites for hydroxylation is 1. The average Bonchev–Trinajstić information content (AvgIpc) is 2.72. The molecule has 0 unspecified atom stereocenters. The van der Waals surface area contributed by atoms with Crippen LogP contribution < -0.4 is 5.32 Å². The second kappa shape index (κ2) is 2.90. The van der Waals surface area contributed by atoms with E-state index in [4.69, 9.17) is 0 Å². The second-order valence-corrected chi connectivity index (χ2v) is 3.61. The van der Waals surface area contributed by atoms with Crippen LogP contribution in [0.15, 0.2) is 12.4 Å². The SMILES string of the molecule is C[C@H](NC1CC1)c1cnn(C)c1. The van der Waals surface area contributed by atoms with Crippen molar-refractivity contribution in [2.45, 2.75) is 31.8 Å². The Morgan fingerprint density at radius 3 is 2.92 bits per heavy atom. The minimum absolute atomic E-state index is 0.450. The molecule has 0 aromatic carbocycles. The number of rotatable bonds is 3. The summed E-state index contributed by atoms with van der Waals surface area (Å²) in [6.07, 6.45) is 6.68. The largest absolute Gasteiger partial charge is 0.307 e. The van der Waals surface area contributed by atoms with Crippen LogP contribution in [0.1, 0.15) is 31.4 Å². The van der Waals surface area contributed by atoms with Gasteiger partial charge in [-0.2, -0.15) is 5.10 Å². The van der Waals surface area contributed by atoms with E-state index in [0.717, 1.165) is 6.04 Å². The zero-order valence-corrected chi connectivity index (χ0v) is 7.62. The van der Waals surface area contributed by atoms with E-state index in [-0.39, 0.29) is 0 Å². The van der Waals surface area contributed by atoms with Crippen LogP contribution in [0.4, 0.5) is 0 Å². The van der Waals surface area contributed by atoms with Crippen LogP contribution in [0.25, 0.3) is 0 Å². The number of nitrogens with zero attached hydrogens (tertiary/aromatic N) is 2. The van der Waals surface area contributed by atoms with Crippen LogP contribution in [-0.2, 0) is 7.05 Å². The van der Waals surface area contributed by atoms with Gasteiger partial charge in [0.1, 0.15) is 0 Å². The minimum atomic E-state index is 0.450. The first-order chi connectivity index (χ1) is 5.75. The van der Waals surface area contributed by atoms with Crippen LogP contribution in [0.2, 0.25) is 0 Å². The Hall–Kier alpha value is -0.830. The van der Waals surface area contributed by atoms with Gasteiger partial charge in [-0.1, -0.05) is 0 Å². The Labute approximate surface area is 72.8 Å². The molecule has 1 fully saturated rings. The van der Waals surface area contributed by atoms with Crippen molar-refractivity contribution < 1.29 is 0 Å². The third-order valence-corrected chi connectivity index (χ3v) is 2.29. The van der Waals surface area contributed by atoms with Crippen molar-refractivity contribution in [1.82, 2.24) is 15.1 Å². The summed E-state index contributed by atoms with van der Waals surface area (Å²) in [5, 5.41) is 7.67. The van der Waals surface area contributed by atoms with Gasteiger partial charge in [0.2, 0.25) is 0 Å². The summed E-state index contributed by atoms with van der Waals surface area (Å²) in [7, 11) is 1.95. The smallest absolute Gasteiger partial charge is 0.0537 e. The molecule has 3 heteroatoms. The third-order valence-electron chi connectivity index (χ3n) is 2.29. The zero-order chi connectivity index (χ0) is 8.55. The molecule has 0 bridgehead atoms. The highest BCUT2D eigenvalue weighted by Gasteiger charge is 2.23. The summed E-state index contributed by atoms with van der Waals surface area (Å²) in [6, 6.07) is 1.21. The summed E-state index contributed by atoms with van der Waals surface area (Å²) in [4.78, 5) is 0. The van der Waals surface area contributed by atoms with Gasteiger partial charge in [-0.25, -0.2) is 0 Å². The van der Waals surface area contributed by atoms with Gasteiger partial charge in [-0.3, -0.25) is 4.68 Å². The van der Waals surface area contributed by atoms with E-state index in [1.807, 2.05) is 17.9 Å². The molecule has 1 aliphatic rings. The molecular formula is C9H15N3. The van der Waals surface area contributed by atoms with Crippen molar-refractivity contribution in [3.05, 3.63) is 18.0 Å².